The number of hydrogen-bond acceptors (Lipinski definition) is 4. The van der Waals surface area contributed by atoms with E-state index in [-0.39, 0.29) is 51.4 Å². The molecule has 0 aliphatic carbocycles. The summed E-state index contributed by atoms with van der Waals surface area (Å²) in [6.45, 7) is 0. The largest absolute Gasteiger partial charge is 1.00 e. The van der Waals surface area contributed by atoms with Gasteiger partial charge in [0.2, 0.25) is 10.4 Å². The maximum atomic E-state index is 12.9. The predicted molar refractivity (Wildman–Crippen MR) is 46.1 cm³/mol. The first-order valence-corrected chi connectivity index (χ1v) is 6.30. The molecule has 0 spiro atoms. The van der Waals surface area contributed by atoms with Gasteiger partial charge >= 0.3 is 81.4 Å². The zero-order chi connectivity index (χ0) is 20.0. The van der Waals surface area contributed by atoms with E-state index in [0.717, 1.165) is 0 Å². The summed E-state index contributed by atoms with van der Waals surface area (Å²) in [5.74, 6) is -22.2. The molecule has 146 valence electrons. The first-order chi connectivity index (χ1) is 10.1. The molecule has 0 heterocycles. The van der Waals surface area contributed by atoms with Crippen molar-refractivity contribution in [2.45, 2.75) is 42.6 Å². The molecule has 0 aromatic heterocycles. The van der Waals surface area contributed by atoms with Gasteiger partial charge < -0.3 is 4.55 Å². The minimum absolute atomic E-state index is 0. The van der Waals surface area contributed by atoms with E-state index in [1.165, 1.54) is 0 Å². The maximum Gasteiger partial charge on any atom is 1.00 e. The smallest absolute Gasteiger partial charge is 0.725 e. The van der Waals surface area contributed by atoms with Crippen LogP contribution in [0.3, 0.4) is 0 Å². The van der Waals surface area contributed by atoms with Gasteiger partial charge in [-0.05, 0) is 0 Å². The van der Waals surface area contributed by atoms with Gasteiger partial charge in [0.25, 0.3) is 0 Å². The van der Waals surface area contributed by atoms with E-state index in [9.17, 15) is 65.7 Å². The summed E-state index contributed by atoms with van der Waals surface area (Å²) in [4.78, 5) is 0. The number of rotatable bonds is 7. The maximum absolute atomic E-state index is 12.9. The average Bonchev–Trinajstić information content (AvgIpc) is 2.22. The van der Waals surface area contributed by atoms with Crippen LogP contribution < -0.4 is 51.4 Å². The number of hydrogen-bond donors (Lipinski definition) is 0. The van der Waals surface area contributed by atoms with E-state index in [1.807, 2.05) is 0 Å². The van der Waals surface area contributed by atoms with Crippen molar-refractivity contribution in [2.75, 3.05) is 0 Å². The standard InChI is InChI=1S/C7H4F12O4S.K/c8-2(1-3(9,10)11)4(12,13)5(14,15)6(16,17)7(18,19)23-24(20,21)22;/h2H,1H2,(H,20,21,22);/q;+1/p-1. The zero-order valence-electron chi connectivity index (χ0n) is 11.4. The average molecular weight is 450 g/mol. The molecule has 1 unspecified atom stereocenters. The normalized spacial score (nSPS) is 16.4. The molecular weight excluding hydrogens is 447 g/mol. The quantitative estimate of drug-likeness (QED) is 0.242. The Morgan fingerprint density at radius 3 is 1.48 bits per heavy atom. The van der Waals surface area contributed by atoms with Gasteiger partial charge in [0.15, 0.2) is 6.17 Å². The molecule has 0 fully saturated rings. The summed E-state index contributed by atoms with van der Waals surface area (Å²) in [6, 6.07) is 0. The second-order valence-electron chi connectivity index (χ2n) is 4.07. The Kier molecular flexibility index (Phi) is 8.88. The molecule has 4 nitrogen and oxygen atoms in total. The molecule has 0 saturated carbocycles. The van der Waals surface area contributed by atoms with Gasteiger partial charge in [0.1, 0.15) is 0 Å². The van der Waals surface area contributed by atoms with Crippen LogP contribution in [0.1, 0.15) is 6.42 Å². The molecule has 1 atom stereocenters. The van der Waals surface area contributed by atoms with Gasteiger partial charge in [0, 0.05) is 0 Å². The van der Waals surface area contributed by atoms with Crippen LogP contribution in [-0.2, 0) is 14.6 Å². The Balaban J connectivity index is 0. The van der Waals surface area contributed by atoms with Crippen LogP contribution in [0.4, 0.5) is 52.7 Å². The minimum Gasteiger partial charge on any atom is -0.725 e. The summed E-state index contributed by atoms with van der Waals surface area (Å²) in [5.41, 5.74) is 0. The SMILES string of the molecule is O=S(=O)([O-])OC(F)(F)C(F)(F)C(F)(F)C(F)(F)C(F)CC(F)(F)F.[K+]. The van der Waals surface area contributed by atoms with Crippen molar-refractivity contribution in [3.8, 4) is 0 Å². The van der Waals surface area contributed by atoms with E-state index < -0.39 is 53.0 Å². The van der Waals surface area contributed by atoms with E-state index in [1.54, 1.807) is 4.18 Å². The van der Waals surface area contributed by atoms with Crippen molar-refractivity contribution >= 4 is 10.4 Å². The zero-order valence-corrected chi connectivity index (χ0v) is 15.3. The molecule has 25 heavy (non-hydrogen) atoms. The monoisotopic (exact) mass is 450 g/mol. The predicted octanol–water partition coefficient (Wildman–Crippen LogP) is 0.256. The fourth-order valence-electron chi connectivity index (χ4n) is 1.10. The minimum atomic E-state index is -7.59. The summed E-state index contributed by atoms with van der Waals surface area (Å²) >= 11 is 0. The summed E-state index contributed by atoms with van der Waals surface area (Å²) in [6.07, 6.45) is -21.6. The Morgan fingerprint density at radius 2 is 1.20 bits per heavy atom. The molecule has 18 heteroatoms. The number of alkyl halides is 12. The molecule has 0 amide bonds. The van der Waals surface area contributed by atoms with E-state index in [2.05, 4.69) is 0 Å². The molecule has 0 N–H and O–H groups in total. The molecule has 0 radical (unpaired) electrons. The van der Waals surface area contributed by atoms with Gasteiger partial charge in [0.05, 0.1) is 6.42 Å². The molecule has 0 aliphatic heterocycles. The van der Waals surface area contributed by atoms with Crippen LogP contribution in [0.25, 0.3) is 0 Å². The molecule has 0 aromatic rings. The molecule has 0 aromatic carbocycles. The summed E-state index contributed by atoms with van der Waals surface area (Å²) in [7, 11) is -6.85. The van der Waals surface area contributed by atoms with Gasteiger partial charge in [-0.15, -0.1) is 0 Å². The van der Waals surface area contributed by atoms with Crippen LogP contribution in [-0.4, -0.2) is 49.2 Å². The third kappa shape index (κ3) is 6.35. The van der Waals surface area contributed by atoms with Crippen LogP contribution in [0.15, 0.2) is 0 Å². The van der Waals surface area contributed by atoms with Crippen molar-refractivity contribution in [3.63, 3.8) is 0 Å². The first-order valence-electron chi connectivity index (χ1n) is 4.97. The van der Waals surface area contributed by atoms with Crippen molar-refractivity contribution in [1.82, 2.24) is 0 Å². The molecular formula is C7H3F12KO4S. The Morgan fingerprint density at radius 1 is 0.840 bits per heavy atom. The second kappa shape index (κ2) is 7.96. The van der Waals surface area contributed by atoms with E-state index in [0.29, 0.717) is 0 Å². The van der Waals surface area contributed by atoms with Gasteiger partial charge in [-0.1, -0.05) is 0 Å². The van der Waals surface area contributed by atoms with E-state index >= 15 is 0 Å². The topological polar surface area (TPSA) is 66.4 Å². The van der Waals surface area contributed by atoms with Crippen molar-refractivity contribution in [2.24, 2.45) is 0 Å². The van der Waals surface area contributed by atoms with Crippen LogP contribution in [0, 0.1) is 0 Å². The first kappa shape index (κ1) is 27.9. The van der Waals surface area contributed by atoms with Gasteiger partial charge in [-0.2, -0.15) is 48.3 Å². The molecule has 0 aliphatic rings. The summed E-state index contributed by atoms with van der Waals surface area (Å²) in [5, 5.41) is 0. The second-order valence-corrected chi connectivity index (χ2v) is 5.05. The molecule has 0 saturated heterocycles. The van der Waals surface area contributed by atoms with Crippen molar-refractivity contribution in [3.05, 3.63) is 0 Å². The molecule has 0 rings (SSSR count). The van der Waals surface area contributed by atoms with Crippen LogP contribution in [0.2, 0.25) is 0 Å². The number of halogens is 12. The third-order valence-electron chi connectivity index (χ3n) is 2.19. The third-order valence-corrected chi connectivity index (χ3v) is 2.60. The fraction of sp³-hybridized carbons (Fsp3) is 1.00. The van der Waals surface area contributed by atoms with Crippen LogP contribution >= 0.6 is 0 Å². The summed E-state index contributed by atoms with van der Waals surface area (Å²) < 4.78 is 181. The van der Waals surface area contributed by atoms with Gasteiger partial charge in [-0.25, -0.2) is 17.0 Å². The van der Waals surface area contributed by atoms with Crippen molar-refractivity contribution in [1.29, 1.82) is 0 Å². The Hall–Kier alpha value is 0.666. The Bertz CT molecular complexity index is 558. The Labute approximate surface area is 173 Å². The van der Waals surface area contributed by atoms with Gasteiger partial charge in [-0.3, -0.25) is 0 Å². The van der Waals surface area contributed by atoms with E-state index in [4.69, 9.17) is 0 Å². The van der Waals surface area contributed by atoms with Crippen molar-refractivity contribution < 1.29 is 121 Å². The fourth-order valence-corrected chi connectivity index (χ4v) is 1.46. The van der Waals surface area contributed by atoms with Crippen LogP contribution in [0.5, 0.6) is 0 Å². The molecule has 0 bridgehead atoms.